The Hall–Kier alpha value is -2.65. The molecular formula is C17H18F5N3O2. The van der Waals surface area contributed by atoms with Crippen molar-refractivity contribution >= 4 is 5.91 Å². The fraction of sp³-hybridized carbons (Fsp3) is 0.412. The summed E-state index contributed by atoms with van der Waals surface area (Å²) in [6.45, 7) is 0.207. The molecule has 1 N–H and O–H groups in total. The smallest absolute Gasteiger partial charge is 0.433 e. The highest BCUT2D eigenvalue weighted by atomic mass is 19.4. The molecule has 1 aromatic heterocycles. The summed E-state index contributed by atoms with van der Waals surface area (Å²) in [6, 6.07) is 5.19. The van der Waals surface area contributed by atoms with Crippen molar-refractivity contribution in [1.29, 1.82) is 0 Å². The van der Waals surface area contributed by atoms with Crippen LogP contribution in [0.4, 0.5) is 22.0 Å². The Labute approximate surface area is 152 Å². The van der Waals surface area contributed by atoms with Crippen LogP contribution in [0.3, 0.4) is 0 Å². The molecule has 0 bridgehead atoms. The van der Waals surface area contributed by atoms with Gasteiger partial charge in [-0.2, -0.15) is 27.1 Å². The molecule has 27 heavy (non-hydrogen) atoms. The summed E-state index contributed by atoms with van der Waals surface area (Å²) in [5.41, 5.74) is -0.939. The highest BCUT2D eigenvalue weighted by Crippen LogP contribution is 2.33. The Bertz CT molecular complexity index is 770. The third-order valence-electron chi connectivity index (χ3n) is 3.65. The number of nitrogens with one attached hydrogen (secondary N) is 1. The van der Waals surface area contributed by atoms with E-state index in [-0.39, 0.29) is 12.3 Å². The molecule has 0 aliphatic heterocycles. The summed E-state index contributed by atoms with van der Waals surface area (Å²) < 4.78 is 69.0. The summed E-state index contributed by atoms with van der Waals surface area (Å²) in [6.07, 6.45) is -3.51. The molecule has 0 radical (unpaired) electrons. The number of ether oxygens (including phenoxy) is 1. The number of benzene rings is 1. The summed E-state index contributed by atoms with van der Waals surface area (Å²) in [5, 5.41) is 6.08. The van der Waals surface area contributed by atoms with Gasteiger partial charge in [-0.1, -0.05) is 12.1 Å². The number of rotatable bonds is 7. The molecule has 0 spiro atoms. The summed E-state index contributed by atoms with van der Waals surface area (Å²) in [7, 11) is 0. The van der Waals surface area contributed by atoms with E-state index in [0.29, 0.717) is 12.0 Å². The molecular weight excluding hydrogens is 373 g/mol. The number of aromatic nitrogens is 2. The topological polar surface area (TPSA) is 56.2 Å². The van der Waals surface area contributed by atoms with Gasteiger partial charge in [0, 0.05) is 12.6 Å². The largest absolute Gasteiger partial charge is 0.435 e. The van der Waals surface area contributed by atoms with Crippen molar-refractivity contribution in [2.45, 2.75) is 39.1 Å². The molecule has 148 valence electrons. The lowest BCUT2D eigenvalue weighted by molar-refractivity contribution is -0.145. The van der Waals surface area contributed by atoms with Crippen LogP contribution in [0, 0.1) is 0 Å². The summed E-state index contributed by atoms with van der Waals surface area (Å²) in [5.74, 6) is -0.888. The number of hydrogen-bond donors (Lipinski definition) is 1. The molecule has 2 rings (SSSR count). The van der Waals surface area contributed by atoms with Gasteiger partial charge in [0.05, 0.1) is 11.8 Å². The molecule has 0 fully saturated rings. The van der Waals surface area contributed by atoms with E-state index in [1.165, 1.54) is 38.1 Å². The lowest BCUT2D eigenvalue weighted by atomic mass is 10.1. The molecule has 0 atom stereocenters. The minimum absolute atomic E-state index is 0.00583. The second-order valence-electron chi connectivity index (χ2n) is 5.97. The monoisotopic (exact) mass is 391 g/mol. The van der Waals surface area contributed by atoms with E-state index in [1.54, 1.807) is 0 Å². The minimum atomic E-state index is -4.71. The van der Waals surface area contributed by atoms with Crippen LogP contribution >= 0.6 is 0 Å². The van der Waals surface area contributed by atoms with E-state index < -0.39 is 36.0 Å². The van der Waals surface area contributed by atoms with Crippen molar-refractivity contribution in [3.05, 3.63) is 47.3 Å². The quantitative estimate of drug-likeness (QED) is 0.725. The zero-order chi connectivity index (χ0) is 20.2. The molecule has 0 saturated heterocycles. The Morgan fingerprint density at radius 2 is 1.85 bits per heavy atom. The maximum Gasteiger partial charge on any atom is 0.433 e. The molecule has 1 amide bonds. The molecule has 0 unspecified atom stereocenters. The number of halogens is 5. The lowest BCUT2D eigenvalue weighted by Crippen LogP contribution is -2.28. The van der Waals surface area contributed by atoms with Crippen molar-refractivity contribution in [1.82, 2.24) is 15.1 Å². The van der Waals surface area contributed by atoms with Gasteiger partial charge in [0.1, 0.15) is 5.75 Å². The van der Waals surface area contributed by atoms with Gasteiger partial charge in [0.25, 0.3) is 5.91 Å². The number of carbonyl (C=O) groups excluding carboxylic acids is 1. The van der Waals surface area contributed by atoms with Gasteiger partial charge in [0.2, 0.25) is 0 Å². The first-order valence-corrected chi connectivity index (χ1v) is 8.06. The third kappa shape index (κ3) is 5.41. The molecule has 1 aromatic carbocycles. The van der Waals surface area contributed by atoms with E-state index in [9.17, 15) is 26.7 Å². The Kier molecular flexibility index (Phi) is 6.40. The zero-order valence-electron chi connectivity index (χ0n) is 14.6. The van der Waals surface area contributed by atoms with Gasteiger partial charge in [-0.15, -0.1) is 0 Å². The number of alkyl halides is 5. The van der Waals surface area contributed by atoms with Crippen LogP contribution in [0.1, 0.15) is 41.5 Å². The molecule has 1 heterocycles. The fourth-order valence-electron chi connectivity index (χ4n) is 2.46. The molecule has 0 saturated carbocycles. The van der Waals surface area contributed by atoms with Crippen molar-refractivity contribution < 1.29 is 31.5 Å². The highest BCUT2D eigenvalue weighted by Gasteiger charge is 2.40. The predicted molar refractivity (Wildman–Crippen MR) is 86.7 cm³/mol. The van der Waals surface area contributed by atoms with Crippen LogP contribution in [0.5, 0.6) is 5.75 Å². The van der Waals surface area contributed by atoms with Crippen LogP contribution in [0.25, 0.3) is 0 Å². The standard InChI is InChI=1S/C17H18F5N3O2/c1-10(2)25-14(17(20,21)22)13(9-24-25)15(26)23-8-7-11-3-5-12(6-4-11)27-16(18)19/h3-6,9-10,16H,7-8H2,1-2H3,(H,23,26). The summed E-state index contributed by atoms with van der Waals surface area (Å²) >= 11 is 0. The van der Waals surface area contributed by atoms with Crippen LogP contribution < -0.4 is 10.1 Å². The van der Waals surface area contributed by atoms with Crippen LogP contribution in [0.15, 0.2) is 30.5 Å². The number of amides is 1. The maximum absolute atomic E-state index is 13.3. The first kappa shape index (κ1) is 20.7. The van der Waals surface area contributed by atoms with Crippen molar-refractivity contribution in [2.24, 2.45) is 0 Å². The van der Waals surface area contributed by atoms with Crippen LogP contribution in [-0.2, 0) is 12.6 Å². The van der Waals surface area contributed by atoms with E-state index >= 15 is 0 Å². The SMILES string of the molecule is CC(C)n1ncc(C(=O)NCCc2ccc(OC(F)F)cc2)c1C(F)(F)F. The number of hydrogen-bond acceptors (Lipinski definition) is 3. The van der Waals surface area contributed by atoms with Crippen molar-refractivity contribution in [3.63, 3.8) is 0 Å². The van der Waals surface area contributed by atoms with E-state index in [2.05, 4.69) is 15.2 Å². The fourth-order valence-corrected chi connectivity index (χ4v) is 2.46. The highest BCUT2D eigenvalue weighted by molar-refractivity contribution is 5.95. The van der Waals surface area contributed by atoms with Gasteiger partial charge >= 0.3 is 12.8 Å². The van der Waals surface area contributed by atoms with E-state index in [0.717, 1.165) is 10.9 Å². The normalized spacial score (nSPS) is 11.9. The van der Waals surface area contributed by atoms with E-state index in [1.807, 2.05) is 0 Å². The van der Waals surface area contributed by atoms with E-state index in [4.69, 9.17) is 0 Å². The maximum atomic E-state index is 13.3. The number of carbonyl (C=O) groups is 1. The minimum Gasteiger partial charge on any atom is -0.435 e. The van der Waals surface area contributed by atoms with Gasteiger partial charge in [-0.25, -0.2) is 0 Å². The molecule has 5 nitrogen and oxygen atoms in total. The number of nitrogens with zero attached hydrogens (tertiary/aromatic N) is 2. The van der Waals surface area contributed by atoms with Crippen LogP contribution in [-0.4, -0.2) is 28.8 Å². The Balaban J connectivity index is 2.00. The average Bonchev–Trinajstić information content (AvgIpc) is 3.01. The zero-order valence-corrected chi connectivity index (χ0v) is 14.6. The second-order valence-corrected chi connectivity index (χ2v) is 5.97. The first-order valence-electron chi connectivity index (χ1n) is 8.06. The van der Waals surface area contributed by atoms with Gasteiger partial charge in [-0.3, -0.25) is 9.48 Å². The molecule has 10 heteroatoms. The lowest BCUT2D eigenvalue weighted by Gasteiger charge is -2.15. The Morgan fingerprint density at radius 3 is 2.37 bits per heavy atom. The third-order valence-corrected chi connectivity index (χ3v) is 3.65. The molecule has 0 aliphatic carbocycles. The summed E-state index contributed by atoms with van der Waals surface area (Å²) in [4.78, 5) is 12.1. The van der Waals surface area contributed by atoms with Gasteiger partial charge in [0.15, 0.2) is 5.69 Å². The average molecular weight is 391 g/mol. The first-order chi connectivity index (χ1) is 12.6. The van der Waals surface area contributed by atoms with Gasteiger partial charge in [-0.05, 0) is 38.0 Å². The van der Waals surface area contributed by atoms with Crippen molar-refractivity contribution in [2.75, 3.05) is 6.54 Å². The predicted octanol–water partition coefficient (Wildman–Crippen LogP) is 4.06. The second kappa shape index (κ2) is 8.36. The van der Waals surface area contributed by atoms with Crippen molar-refractivity contribution in [3.8, 4) is 5.75 Å². The Morgan fingerprint density at radius 1 is 1.22 bits per heavy atom. The van der Waals surface area contributed by atoms with Gasteiger partial charge < -0.3 is 10.1 Å². The molecule has 0 aliphatic rings. The van der Waals surface area contributed by atoms with Crippen LogP contribution in [0.2, 0.25) is 0 Å². The molecule has 2 aromatic rings.